The monoisotopic (exact) mass is 231 g/mol. The molecule has 0 aliphatic rings. The average Bonchev–Trinajstić information content (AvgIpc) is 2.56. The summed E-state index contributed by atoms with van der Waals surface area (Å²) in [4.78, 5) is 22.2. The minimum atomic E-state index is -0.314. The van der Waals surface area contributed by atoms with E-state index in [-0.39, 0.29) is 23.4 Å². The summed E-state index contributed by atoms with van der Waals surface area (Å²) >= 11 is 1.16. The molecule has 1 aromatic heterocycles. The number of rotatable bonds is 4. The Morgan fingerprint density at radius 1 is 1.73 bits per heavy atom. The Hall–Kier alpha value is -1.28. The van der Waals surface area contributed by atoms with Crippen LogP contribution in [0.4, 0.5) is 0 Å². The fourth-order valence-electron chi connectivity index (χ4n) is 1.02. The summed E-state index contributed by atoms with van der Waals surface area (Å²) < 4.78 is 1.48. The first-order chi connectivity index (χ1) is 7.06. The first kappa shape index (κ1) is 11.8. The molecule has 0 aliphatic carbocycles. The number of hydrazine groups is 1. The van der Waals surface area contributed by atoms with Crippen molar-refractivity contribution < 1.29 is 4.79 Å². The van der Waals surface area contributed by atoms with Crippen LogP contribution in [0.3, 0.4) is 0 Å². The summed E-state index contributed by atoms with van der Waals surface area (Å²) in [5.74, 6) is 4.75. The van der Waals surface area contributed by atoms with Gasteiger partial charge >= 0.3 is 5.69 Å². The fourth-order valence-corrected chi connectivity index (χ4v) is 1.91. The number of H-pyrrole nitrogens is 1. The smallest absolute Gasteiger partial charge is 0.294 e. The van der Waals surface area contributed by atoms with E-state index in [4.69, 9.17) is 5.84 Å². The molecule has 0 saturated carbocycles. The lowest BCUT2D eigenvalue weighted by molar-refractivity contribution is -0.118. The number of nitrogens with zero attached hydrogens (tertiary/aromatic N) is 2. The second-order valence-corrected chi connectivity index (χ2v) is 4.07. The van der Waals surface area contributed by atoms with Crippen molar-refractivity contribution in [2.24, 2.45) is 5.84 Å². The molecule has 1 heterocycles. The highest BCUT2D eigenvalue weighted by atomic mass is 32.2. The van der Waals surface area contributed by atoms with Crippen molar-refractivity contribution in [2.75, 3.05) is 5.75 Å². The highest BCUT2D eigenvalue weighted by Crippen LogP contribution is 2.15. The predicted molar refractivity (Wildman–Crippen MR) is 56.3 cm³/mol. The van der Waals surface area contributed by atoms with E-state index in [1.165, 1.54) is 4.57 Å². The zero-order chi connectivity index (χ0) is 11.4. The molecule has 0 bridgehead atoms. The number of thioether (sulfide) groups is 1. The molecule has 0 spiro atoms. The van der Waals surface area contributed by atoms with Crippen molar-refractivity contribution >= 4 is 17.7 Å². The third-order valence-electron chi connectivity index (χ3n) is 1.68. The van der Waals surface area contributed by atoms with Gasteiger partial charge in [0, 0.05) is 6.04 Å². The number of nitrogens with one attached hydrogen (secondary N) is 2. The number of amides is 1. The van der Waals surface area contributed by atoms with E-state index in [1.807, 2.05) is 19.3 Å². The standard InChI is InChI=1S/C7H13N5O2S/c1-4(2)12-6(14)10-11-7(12)15-3-5(13)9-8/h4H,3,8H2,1-2H3,(H,9,13)(H,10,14). The average molecular weight is 231 g/mol. The summed E-state index contributed by atoms with van der Waals surface area (Å²) in [7, 11) is 0. The Morgan fingerprint density at radius 3 is 2.93 bits per heavy atom. The van der Waals surface area contributed by atoms with Crippen LogP contribution in [0.1, 0.15) is 19.9 Å². The molecule has 7 nitrogen and oxygen atoms in total. The zero-order valence-electron chi connectivity index (χ0n) is 8.48. The quantitative estimate of drug-likeness (QED) is 0.273. The third kappa shape index (κ3) is 2.83. The minimum Gasteiger partial charge on any atom is -0.294 e. The largest absolute Gasteiger partial charge is 0.344 e. The summed E-state index contributed by atoms with van der Waals surface area (Å²) in [5.41, 5.74) is 1.73. The topological polar surface area (TPSA) is 106 Å². The molecule has 8 heteroatoms. The van der Waals surface area contributed by atoms with Crippen molar-refractivity contribution in [1.29, 1.82) is 0 Å². The maximum absolute atomic E-state index is 11.3. The normalized spacial score (nSPS) is 10.7. The molecule has 0 unspecified atom stereocenters. The van der Waals surface area contributed by atoms with E-state index in [0.29, 0.717) is 5.16 Å². The molecule has 0 aliphatic heterocycles. The van der Waals surface area contributed by atoms with Gasteiger partial charge in [-0.15, -0.1) is 5.10 Å². The lowest BCUT2D eigenvalue weighted by Gasteiger charge is -2.07. The maximum Gasteiger partial charge on any atom is 0.344 e. The van der Waals surface area contributed by atoms with Crippen LogP contribution in [0, 0.1) is 0 Å². The number of carbonyl (C=O) groups is 1. The molecular formula is C7H13N5O2S. The van der Waals surface area contributed by atoms with E-state index >= 15 is 0 Å². The van der Waals surface area contributed by atoms with Crippen LogP contribution < -0.4 is 17.0 Å². The van der Waals surface area contributed by atoms with E-state index in [1.54, 1.807) is 0 Å². The van der Waals surface area contributed by atoms with Crippen molar-refractivity contribution in [1.82, 2.24) is 20.2 Å². The van der Waals surface area contributed by atoms with Gasteiger partial charge in [0.2, 0.25) is 5.91 Å². The van der Waals surface area contributed by atoms with Crippen LogP contribution in [0.2, 0.25) is 0 Å². The molecule has 0 radical (unpaired) electrons. The van der Waals surface area contributed by atoms with E-state index < -0.39 is 0 Å². The molecule has 1 rings (SSSR count). The fraction of sp³-hybridized carbons (Fsp3) is 0.571. The van der Waals surface area contributed by atoms with Crippen molar-refractivity contribution in [3.8, 4) is 0 Å². The van der Waals surface area contributed by atoms with Gasteiger partial charge in [-0.2, -0.15) is 0 Å². The summed E-state index contributed by atoms with van der Waals surface area (Å²) in [6, 6.07) is -0.000289. The van der Waals surface area contributed by atoms with Gasteiger partial charge in [0.1, 0.15) is 0 Å². The zero-order valence-corrected chi connectivity index (χ0v) is 9.30. The van der Waals surface area contributed by atoms with Crippen LogP contribution in [0.25, 0.3) is 0 Å². The first-order valence-electron chi connectivity index (χ1n) is 4.35. The molecule has 1 amide bonds. The Morgan fingerprint density at radius 2 is 2.40 bits per heavy atom. The highest BCUT2D eigenvalue weighted by molar-refractivity contribution is 7.99. The third-order valence-corrected chi connectivity index (χ3v) is 2.63. The number of hydrogen-bond donors (Lipinski definition) is 3. The lowest BCUT2D eigenvalue weighted by atomic mass is 10.4. The molecule has 0 fully saturated rings. The lowest BCUT2D eigenvalue weighted by Crippen LogP contribution is -2.31. The van der Waals surface area contributed by atoms with Crippen molar-refractivity contribution in [3.63, 3.8) is 0 Å². The van der Waals surface area contributed by atoms with Crippen LogP contribution in [-0.2, 0) is 4.79 Å². The van der Waals surface area contributed by atoms with Crippen molar-refractivity contribution in [2.45, 2.75) is 25.0 Å². The summed E-state index contributed by atoms with van der Waals surface area (Å²) in [6.07, 6.45) is 0. The number of aromatic amines is 1. The molecule has 4 N–H and O–H groups in total. The molecule has 0 atom stereocenters. The Balaban J connectivity index is 2.77. The highest BCUT2D eigenvalue weighted by Gasteiger charge is 2.12. The van der Waals surface area contributed by atoms with Gasteiger partial charge in [-0.25, -0.2) is 15.7 Å². The second kappa shape index (κ2) is 4.99. The van der Waals surface area contributed by atoms with E-state index in [2.05, 4.69) is 10.2 Å². The number of carbonyl (C=O) groups excluding carboxylic acids is 1. The molecule has 84 valence electrons. The number of nitrogens with two attached hydrogens (primary N) is 1. The van der Waals surface area contributed by atoms with Crippen molar-refractivity contribution in [3.05, 3.63) is 10.5 Å². The Kier molecular flexibility index (Phi) is 3.92. The Bertz CT molecular complexity index is 396. The maximum atomic E-state index is 11.3. The Labute approximate surface area is 90.4 Å². The van der Waals surface area contributed by atoms with Gasteiger partial charge in [0.05, 0.1) is 5.75 Å². The molecule has 0 saturated heterocycles. The molecule has 15 heavy (non-hydrogen) atoms. The van der Waals surface area contributed by atoms with Crippen LogP contribution in [-0.4, -0.2) is 26.4 Å². The van der Waals surface area contributed by atoms with Gasteiger partial charge in [-0.1, -0.05) is 11.8 Å². The van der Waals surface area contributed by atoms with Crippen LogP contribution in [0.5, 0.6) is 0 Å². The van der Waals surface area contributed by atoms with E-state index in [9.17, 15) is 9.59 Å². The first-order valence-corrected chi connectivity index (χ1v) is 5.34. The van der Waals surface area contributed by atoms with Gasteiger partial charge in [-0.3, -0.25) is 14.8 Å². The van der Waals surface area contributed by atoms with E-state index in [0.717, 1.165) is 11.8 Å². The number of hydrogen-bond acceptors (Lipinski definition) is 5. The molecular weight excluding hydrogens is 218 g/mol. The summed E-state index contributed by atoms with van der Waals surface area (Å²) in [5, 5.41) is 6.63. The van der Waals surface area contributed by atoms with Gasteiger partial charge in [0.15, 0.2) is 5.16 Å². The van der Waals surface area contributed by atoms with Crippen LogP contribution in [0.15, 0.2) is 9.95 Å². The van der Waals surface area contributed by atoms with Gasteiger partial charge < -0.3 is 0 Å². The molecule has 1 aromatic rings. The number of aromatic nitrogens is 3. The SMILES string of the molecule is CC(C)n1c(SCC(=O)NN)n[nH]c1=O. The summed E-state index contributed by atoms with van der Waals surface area (Å²) in [6.45, 7) is 3.73. The van der Waals surface area contributed by atoms with Gasteiger partial charge in [0.25, 0.3) is 0 Å². The second-order valence-electron chi connectivity index (χ2n) is 3.13. The predicted octanol–water partition coefficient (Wildman–Crippen LogP) is -0.766. The molecule has 0 aromatic carbocycles. The minimum absolute atomic E-state index is 0.000289. The van der Waals surface area contributed by atoms with Gasteiger partial charge in [-0.05, 0) is 13.8 Å². The van der Waals surface area contributed by atoms with Crippen LogP contribution >= 0.6 is 11.8 Å².